The molecule has 2 aromatic carbocycles. The fourth-order valence-corrected chi connectivity index (χ4v) is 6.49. The number of aromatic hydroxyl groups is 1. The Kier molecular flexibility index (Phi) is 18.5. The minimum Gasteiger partial charge on any atom is -0.503 e. The van der Waals surface area contributed by atoms with E-state index in [4.69, 9.17) is 0 Å². The molecule has 0 aromatic heterocycles. The normalized spacial score (nSPS) is 11.8. The monoisotopic (exact) mass is 581 g/mol. The Morgan fingerprint density at radius 1 is 0.548 bits per heavy atom. The summed E-state index contributed by atoms with van der Waals surface area (Å²) in [5, 5.41) is 10.00. The molecule has 1 N–H and O–H groups in total. The average molecular weight is 582 g/mol. The molecule has 0 bridgehead atoms. The Hall–Kier alpha value is -2.10. The van der Waals surface area contributed by atoms with Crippen LogP contribution in [0.2, 0.25) is 0 Å². The Bertz CT molecular complexity index is 966. The molecular formula is C38H63NO3. The van der Waals surface area contributed by atoms with E-state index in [9.17, 15) is 14.7 Å². The van der Waals surface area contributed by atoms with E-state index in [0.29, 0.717) is 17.4 Å². The molecule has 2 aromatic rings. The van der Waals surface area contributed by atoms with Crippen molar-refractivity contribution in [2.45, 2.75) is 156 Å². The quantitative estimate of drug-likeness (QED) is 0.0887. The second-order valence-electron chi connectivity index (χ2n) is 13.0. The minimum atomic E-state index is -0.765. The maximum Gasteiger partial charge on any atom is 0.268 e. The van der Waals surface area contributed by atoms with Gasteiger partial charge in [-0.25, -0.2) is 0 Å². The van der Waals surface area contributed by atoms with Crippen molar-refractivity contribution in [1.29, 1.82) is 0 Å². The molecule has 0 atom stereocenters. The van der Waals surface area contributed by atoms with Crippen LogP contribution in [0.5, 0.6) is 5.75 Å². The van der Waals surface area contributed by atoms with Crippen molar-refractivity contribution < 1.29 is 5.11 Å². The smallest absolute Gasteiger partial charge is 0.268 e. The highest BCUT2D eigenvalue weighted by molar-refractivity contribution is 5.74. The van der Waals surface area contributed by atoms with Gasteiger partial charge in [0, 0.05) is 18.8 Å². The predicted octanol–water partition coefficient (Wildman–Crippen LogP) is 10.6. The summed E-state index contributed by atoms with van der Waals surface area (Å²) in [5.41, 5.74) is 0.685. The first kappa shape index (κ1) is 36.1. The van der Waals surface area contributed by atoms with Gasteiger partial charge in [0.15, 0.2) is 5.75 Å². The van der Waals surface area contributed by atoms with E-state index >= 15 is 0 Å². The van der Waals surface area contributed by atoms with E-state index in [-0.39, 0.29) is 11.3 Å². The lowest BCUT2D eigenvalue weighted by atomic mass is 9.91. The SMILES string of the molecule is CCCCCCC(CCCCCC)CN(CC(CCCCCC)CCCCCC)c1ccc(-c2c(O)c(=O)c2=O)cc1. The first-order valence-electron chi connectivity index (χ1n) is 17.8. The number of hydrogen-bond donors (Lipinski definition) is 1. The van der Waals surface area contributed by atoms with Crippen LogP contribution >= 0.6 is 0 Å². The molecule has 0 amide bonds. The van der Waals surface area contributed by atoms with Gasteiger partial charge in [0.05, 0.1) is 5.56 Å². The molecule has 0 radical (unpaired) electrons. The maximum absolute atomic E-state index is 12.1. The Balaban J connectivity index is 2.27. The van der Waals surface area contributed by atoms with E-state index in [0.717, 1.165) is 13.1 Å². The van der Waals surface area contributed by atoms with Gasteiger partial charge in [-0.05, 0) is 55.2 Å². The molecule has 238 valence electrons. The fraction of sp³-hybridized carbons (Fsp3) is 0.737. The zero-order valence-electron chi connectivity index (χ0n) is 27.7. The Morgan fingerprint density at radius 3 is 1.26 bits per heavy atom. The van der Waals surface area contributed by atoms with Gasteiger partial charge < -0.3 is 10.0 Å². The molecule has 0 heterocycles. The number of nitrogens with zero attached hydrogens (tertiary/aromatic N) is 1. The van der Waals surface area contributed by atoms with E-state index in [1.54, 1.807) is 0 Å². The molecule has 4 nitrogen and oxygen atoms in total. The van der Waals surface area contributed by atoms with Gasteiger partial charge in [-0.3, -0.25) is 9.59 Å². The summed E-state index contributed by atoms with van der Waals surface area (Å²) in [4.78, 5) is 26.4. The first-order valence-corrected chi connectivity index (χ1v) is 17.8. The Labute approximate surface area is 258 Å². The molecule has 0 saturated carbocycles. The van der Waals surface area contributed by atoms with Gasteiger partial charge >= 0.3 is 0 Å². The van der Waals surface area contributed by atoms with Gasteiger partial charge in [0.2, 0.25) is 5.43 Å². The number of hydrogen-bond acceptors (Lipinski definition) is 4. The highest BCUT2D eigenvalue weighted by Crippen LogP contribution is 2.30. The summed E-state index contributed by atoms with van der Waals surface area (Å²) in [6.45, 7) is 11.3. The van der Waals surface area contributed by atoms with Crippen molar-refractivity contribution in [3.63, 3.8) is 0 Å². The van der Waals surface area contributed by atoms with E-state index in [2.05, 4.69) is 44.7 Å². The first-order chi connectivity index (χ1) is 20.5. The molecule has 0 spiro atoms. The maximum atomic E-state index is 12.1. The second-order valence-corrected chi connectivity index (χ2v) is 13.0. The third-order valence-corrected chi connectivity index (χ3v) is 9.23. The van der Waals surface area contributed by atoms with Crippen LogP contribution in [0.4, 0.5) is 5.69 Å². The van der Waals surface area contributed by atoms with Gasteiger partial charge in [0.1, 0.15) is 0 Å². The van der Waals surface area contributed by atoms with Crippen molar-refractivity contribution in [3.8, 4) is 16.9 Å². The lowest BCUT2D eigenvalue weighted by molar-refractivity contribution is 0.368. The lowest BCUT2D eigenvalue weighted by Gasteiger charge is -2.33. The predicted molar refractivity (Wildman–Crippen MR) is 183 cm³/mol. The molecule has 0 aliphatic rings. The largest absolute Gasteiger partial charge is 0.503 e. The van der Waals surface area contributed by atoms with Crippen LogP contribution in [0.3, 0.4) is 0 Å². The standard InChI is InChI=1S/C38H63NO3/c1-5-9-13-17-21-31(22-18-14-10-6-2)29-39(30-32(23-19-15-11-7-3)24-20-16-12-8-4)34-27-25-33(26-28-34)35-36(40)38(42)37(35)41/h25-28,31-32,40H,5-24,29-30H2,1-4H3. The van der Waals surface area contributed by atoms with Crippen LogP contribution in [-0.2, 0) is 0 Å². The highest BCUT2D eigenvalue weighted by Gasteiger charge is 2.23. The van der Waals surface area contributed by atoms with Crippen molar-refractivity contribution in [2.24, 2.45) is 11.8 Å². The molecular weight excluding hydrogens is 518 g/mol. The van der Waals surface area contributed by atoms with Crippen LogP contribution in [0.25, 0.3) is 11.1 Å². The summed E-state index contributed by atoms with van der Waals surface area (Å²) < 4.78 is 0. The van der Waals surface area contributed by atoms with Crippen molar-refractivity contribution >= 4 is 5.69 Å². The summed E-state index contributed by atoms with van der Waals surface area (Å²) in [7, 11) is 0. The van der Waals surface area contributed by atoms with Crippen molar-refractivity contribution in [3.05, 3.63) is 44.7 Å². The molecule has 42 heavy (non-hydrogen) atoms. The Morgan fingerprint density at radius 2 is 0.929 bits per heavy atom. The molecule has 0 unspecified atom stereocenters. The number of anilines is 1. The number of benzene rings is 1. The topological polar surface area (TPSA) is 57.6 Å². The summed E-state index contributed by atoms with van der Waals surface area (Å²) in [6, 6.07) is 8.07. The van der Waals surface area contributed by atoms with Gasteiger partial charge in [-0.2, -0.15) is 0 Å². The second kappa shape index (κ2) is 21.6. The van der Waals surface area contributed by atoms with E-state index in [1.165, 1.54) is 134 Å². The van der Waals surface area contributed by atoms with Gasteiger partial charge in [0.25, 0.3) is 5.43 Å². The van der Waals surface area contributed by atoms with E-state index < -0.39 is 10.9 Å². The molecule has 4 heteroatoms. The van der Waals surface area contributed by atoms with Crippen LogP contribution in [-0.4, -0.2) is 18.2 Å². The number of rotatable bonds is 26. The summed E-state index contributed by atoms with van der Waals surface area (Å²) in [6.07, 6.45) is 26.2. The van der Waals surface area contributed by atoms with Crippen LogP contribution in [0, 0.1) is 11.8 Å². The van der Waals surface area contributed by atoms with Crippen molar-refractivity contribution in [1.82, 2.24) is 0 Å². The zero-order valence-corrected chi connectivity index (χ0v) is 27.7. The summed E-state index contributed by atoms with van der Waals surface area (Å²) >= 11 is 0. The number of unbranched alkanes of at least 4 members (excludes halogenated alkanes) is 12. The molecule has 0 fully saturated rings. The third kappa shape index (κ3) is 12.6. The van der Waals surface area contributed by atoms with E-state index in [1.807, 2.05) is 12.1 Å². The molecule has 0 aliphatic heterocycles. The van der Waals surface area contributed by atoms with Crippen LogP contribution < -0.4 is 15.8 Å². The van der Waals surface area contributed by atoms with Gasteiger partial charge in [-0.15, -0.1) is 0 Å². The molecule has 0 saturated heterocycles. The van der Waals surface area contributed by atoms with Crippen molar-refractivity contribution in [2.75, 3.05) is 18.0 Å². The average Bonchev–Trinajstić information content (AvgIpc) is 3.01. The van der Waals surface area contributed by atoms with Gasteiger partial charge in [-0.1, -0.05) is 143 Å². The fourth-order valence-electron chi connectivity index (χ4n) is 6.49. The zero-order chi connectivity index (χ0) is 30.6. The lowest BCUT2D eigenvalue weighted by Crippen LogP contribution is -2.34. The molecule has 2 rings (SSSR count). The highest BCUT2D eigenvalue weighted by atomic mass is 16.3. The third-order valence-electron chi connectivity index (χ3n) is 9.23. The van der Waals surface area contributed by atoms with Crippen LogP contribution in [0.15, 0.2) is 33.9 Å². The molecule has 0 aliphatic carbocycles. The summed E-state index contributed by atoms with van der Waals surface area (Å²) in [5.74, 6) is 0.997. The minimum absolute atomic E-state index is 0.174. The van der Waals surface area contributed by atoms with Crippen LogP contribution in [0.1, 0.15) is 156 Å².